The zero-order chi connectivity index (χ0) is 21.0. The summed E-state index contributed by atoms with van der Waals surface area (Å²) >= 11 is 0. The molecule has 0 aliphatic heterocycles. The number of aryl methyl sites for hydroxylation is 1. The van der Waals surface area contributed by atoms with Gasteiger partial charge in [-0.3, -0.25) is 9.78 Å². The highest BCUT2D eigenvalue weighted by molar-refractivity contribution is 6.07. The van der Waals surface area contributed by atoms with Gasteiger partial charge in [-0.2, -0.15) is 5.26 Å². The Kier molecular flexibility index (Phi) is 5.44. The molecule has 3 aromatic rings. The molecule has 1 aliphatic carbocycles. The predicted octanol–water partition coefficient (Wildman–Crippen LogP) is 5.12. The number of benzene rings is 1. The number of pyridine rings is 2. The van der Waals surface area contributed by atoms with Crippen molar-refractivity contribution in [2.45, 2.75) is 38.0 Å². The summed E-state index contributed by atoms with van der Waals surface area (Å²) < 4.78 is 0. The molecule has 0 saturated heterocycles. The van der Waals surface area contributed by atoms with Gasteiger partial charge in [0.05, 0.1) is 28.9 Å². The van der Waals surface area contributed by atoms with E-state index in [1.807, 2.05) is 37.3 Å². The van der Waals surface area contributed by atoms with Crippen molar-refractivity contribution in [1.82, 2.24) is 9.97 Å². The van der Waals surface area contributed by atoms with Crippen molar-refractivity contribution in [2.24, 2.45) is 0 Å². The number of aromatic nitrogens is 2. The number of hydrogen-bond acceptors (Lipinski definition) is 5. The van der Waals surface area contributed by atoms with Gasteiger partial charge < -0.3 is 10.6 Å². The lowest BCUT2D eigenvalue weighted by molar-refractivity contribution is 0.102. The average Bonchev–Trinajstić information content (AvgIpc) is 3.27. The molecule has 1 aliphatic rings. The third-order valence-electron chi connectivity index (χ3n) is 5.71. The monoisotopic (exact) mass is 397 g/mol. The highest BCUT2D eigenvalue weighted by atomic mass is 16.1. The smallest absolute Gasteiger partial charge is 0.259 e. The largest absolute Gasteiger partial charge is 0.338 e. The second kappa shape index (κ2) is 8.34. The zero-order valence-electron chi connectivity index (χ0n) is 16.9. The van der Waals surface area contributed by atoms with Gasteiger partial charge in [-0.1, -0.05) is 25.0 Å². The van der Waals surface area contributed by atoms with Crippen LogP contribution in [0.1, 0.15) is 47.2 Å². The quantitative estimate of drug-likeness (QED) is 0.624. The van der Waals surface area contributed by atoms with Crippen LogP contribution in [0.2, 0.25) is 0 Å². The van der Waals surface area contributed by atoms with Gasteiger partial charge >= 0.3 is 0 Å². The molecule has 6 heteroatoms. The fourth-order valence-corrected chi connectivity index (χ4v) is 3.93. The SMILES string of the molecule is Cc1ccncc1Nc1ncccc1C(=O)Nc1ccc(C2(C#N)CCCC2)cc1. The maximum Gasteiger partial charge on any atom is 0.259 e. The van der Waals surface area contributed by atoms with Gasteiger partial charge in [0.1, 0.15) is 5.82 Å². The zero-order valence-corrected chi connectivity index (χ0v) is 16.9. The minimum atomic E-state index is -0.384. The van der Waals surface area contributed by atoms with E-state index in [-0.39, 0.29) is 11.3 Å². The molecule has 2 heterocycles. The molecule has 4 rings (SSSR count). The number of carbonyl (C=O) groups excluding carboxylic acids is 1. The first-order valence-corrected chi connectivity index (χ1v) is 10.1. The van der Waals surface area contributed by atoms with Gasteiger partial charge in [0, 0.05) is 18.1 Å². The number of nitrogens with zero attached hydrogens (tertiary/aromatic N) is 3. The van der Waals surface area contributed by atoms with Crippen LogP contribution in [0.15, 0.2) is 61.1 Å². The van der Waals surface area contributed by atoms with E-state index < -0.39 is 0 Å². The summed E-state index contributed by atoms with van der Waals surface area (Å²) in [5.74, 6) is 0.216. The van der Waals surface area contributed by atoms with E-state index in [1.54, 1.807) is 30.7 Å². The van der Waals surface area contributed by atoms with E-state index in [0.717, 1.165) is 42.5 Å². The normalized spacial score (nSPS) is 14.7. The fourth-order valence-electron chi connectivity index (χ4n) is 3.93. The molecule has 1 amide bonds. The fraction of sp³-hybridized carbons (Fsp3) is 0.250. The molecule has 0 atom stereocenters. The lowest BCUT2D eigenvalue weighted by Crippen LogP contribution is -2.19. The Hall–Kier alpha value is -3.72. The lowest BCUT2D eigenvalue weighted by Gasteiger charge is -2.21. The van der Waals surface area contributed by atoms with Crippen LogP contribution in [0.25, 0.3) is 0 Å². The highest BCUT2D eigenvalue weighted by Crippen LogP contribution is 2.40. The Morgan fingerprint density at radius 3 is 2.57 bits per heavy atom. The molecular formula is C24H23N5O. The van der Waals surface area contributed by atoms with Crippen molar-refractivity contribution in [3.8, 4) is 6.07 Å². The van der Waals surface area contributed by atoms with E-state index in [4.69, 9.17) is 0 Å². The van der Waals surface area contributed by atoms with E-state index in [0.29, 0.717) is 17.1 Å². The van der Waals surface area contributed by atoms with E-state index >= 15 is 0 Å². The van der Waals surface area contributed by atoms with Crippen LogP contribution in [0.4, 0.5) is 17.2 Å². The molecule has 1 fully saturated rings. The molecule has 1 aromatic carbocycles. The molecular weight excluding hydrogens is 374 g/mol. The average molecular weight is 397 g/mol. The molecule has 0 radical (unpaired) electrons. The molecule has 0 spiro atoms. The third-order valence-corrected chi connectivity index (χ3v) is 5.71. The Morgan fingerprint density at radius 2 is 1.87 bits per heavy atom. The Balaban J connectivity index is 1.52. The first-order valence-electron chi connectivity index (χ1n) is 10.1. The van der Waals surface area contributed by atoms with Crippen molar-refractivity contribution in [3.05, 3.63) is 77.7 Å². The number of amides is 1. The molecule has 150 valence electrons. The number of rotatable bonds is 5. The summed E-state index contributed by atoms with van der Waals surface area (Å²) in [7, 11) is 0. The van der Waals surface area contributed by atoms with Gasteiger partial charge in [0.25, 0.3) is 5.91 Å². The second-order valence-electron chi connectivity index (χ2n) is 7.65. The molecule has 2 aromatic heterocycles. The number of hydrogen-bond donors (Lipinski definition) is 2. The van der Waals surface area contributed by atoms with Gasteiger partial charge in [-0.25, -0.2) is 4.98 Å². The van der Waals surface area contributed by atoms with E-state index in [9.17, 15) is 10.1 Å². The van der Waals surface area contributed by atoms with Crippen LogP contribution in [-0.2, 0) is 5.41 Å². The molecule has 2 N–H and O–H groups in total. The van der Waals surface area contributed by atoms with Crippen molar-refractivity contribution in [1.29, 1.82) is 5.26 Å². The summed E-state index contributed by atoms with van der Waals surface area (Å²) in [6.45, 7) is 1.96. The summed E-state index contributed by atoms with van der Waals surface area (Å²) in [5.41, 5.74) is 3.57. The van der Waals surface area contributed by atoms with E-state index in [2.05, 4.69) is 26.7 Å². The number of carbonyl (C=O) groups is 1. The highest BCUT2D eigenvalue weighted by Gasteiger charge is 2.35. The molecule has 30 heavy (non-hydrogen) atoms. The minimum Gasteiger partial charge on any atom is -0.338 e. The first-order chi connectivity index (χ1) is 14.6. The van der Waals surface area contributed by atoms with Crippen LogP contribution >= 0.6 is 0 Å². The minimum absolute atomic E-state index is 0.254. The first kappa shape index (κ1) is 19.6. The van der Waals surface area contributed by atoms with Crippen LogP contribution in [0.3, 0.4) is 0 Å². The van der Waals surface area contributed by atoms with Gasteiger partial charge in [0.2, 0.25) is 0 Å². The lowest BCUT2D eigenvalue weighted by atomic mass is 9.80. The Labute approximate surface area is 176 Å². The third kappa shape index (κ3) is 3.87. The molecule has 0 bridgehead atoms. The van der Waals surface area contributed by atoms with Gasteiger partial charge in [0.15, 0.2) is 0 Å². The summed E-state index contributed by atoms with van der Waals surface area (Å²) in [5, 5.41) is 15.8. The molecule has 6 nitrogen and oxygen atoms in total. The standard InChI is InChI=1S/C24H23N5O/c1-17-10-14-26-15-21(17)29-22-20(5-4-13-27-22)23(30)28-19-8-6-18(7-9-19)24(16-25)11-2-3-12-24/h4-10,13-15H,2-3,11-12H2,1H3,(H,27,29)(H,28,30). The van der Waals surface area contributed by atoms with Crippen LogP contribution in [0, 0.1) is 18.3 Å². The van der Waals surface area contributed by atoms with E-state index in [1.165, 1.54) is 0 Å². The summed E-state index contributed by atoms with van der Waals surface area (Å²) in [4.78, 5) is 21.4. The van der Waals surface area contributed by atoms with Gasteiger partial charge in [-0.05, 0) is 61.2 Å². The number of anilines is 3. The van der Waals surface area contributed by atoms with Crippen LogP contribution in [-0.4, -0.2) is 15.9 Å². The molecule has 1 saturated carbocycles. The van der Waals surface area contributed by atoms with Crippen LogP contribution < -0.4 is 10.6 Å². The van der Waals surface area contributed by atoms with Crippen LogP contribution in [0.5, 0.6) is 0 Å². The second-order valence-corrected chi connectivity index (χ2v) is 7.65. The number of nitriles is 1. The van der Waals surface area contributed by atoms with Gasteiger partial charge in [-0.15, -0.1) is 0 Å². The van der Waals surface area contributed by atoms with Crippen molar-refractivity contribution >= 4 is 23.1 Å². The maximum atomic E-state index is 12.9. The Bertz CT molecular complexity index is 1100. The predicted molar refractivity (Wildman–Crippen MR) is 117 cm³/mol. The van der Waals surface area contributed by atoms with Crippen molar-refractivity contribution < 1.29 is 4.79 Å². The topological polar surface area (TPSA) is 90.7 Å². The Morgan fingerprint density at radius 1 is 1.10 bits per heavy atom. The van der Waals surface area contributed by atoms with Crippen molar-refractivity contribution in [3.63, 3.8) is 0 Å². The van der Waals surface area contributed by atoms with Crippen molar-refractivity contribution in [2.75, 3.05) is 10.6 Å². The number of nitrogens with one attached hydrogen (secondary N) is 2. The summed E-state index contributed by atoms with van der Waals surface area (Å²) in [6, 6.07) is 15.5. The molecule has 0 unspecified atom stereocenters. The summed E-state index contributed by atoms with van der Waals surface area (Å²) in [6.07, 6.45) is 9.03. The maximum absolute atomic E-state index is 12.9.